The van der Waals surface area contributed by atoms with Crippen LogP contribution in [0.5, 0.6) is 0 Å². The Morgan fingerprint density at radius 1 is 1.35 bits per heavy atom. The Morgan fingerprint density at radius 3 is 2.52 bits per heavy atom. The normalized spacial score (nSPS) is 12.4. The summed E-state index contributed by atoms with van der Waals surface area (Å²) in [6.45, 7) is 3.37. The molecular weight excluding hydrogens is 324 g/mol. The second-order valence-electron chi connectivity index (χ2n) is 5.18. The van der Waals surface area contributed by atoms with Crippen molar-refractivity contribution in [3.8, 4) is 0 Å². The Morgan fingerprint density at radius 2 is 2.00 bits per heavy atom. The molecule has 4 nitrogen and oxygen atoms in total. The molecule has 0 radical (unpaired) electrons. The van der Waals surface area contributed by atoms with E-state index in [2.05, 4.69) is 10.4 Å². The third-order valence-corrected chi connectivity index (χ3v) is 4.07. The van der Waals surface area contributed by atoms with E-state index in [0.29, 0.717) is 5.69 Å². The van der Waals surface area contributed by atoms with Gasteiger partial charge in [0.05, 0.1) is 16.8 Å². The first-order chi connectivity index (χ1) is 10.9. The van der Waals surface area contributed by atoms with Gasteiger partial charge in [-0.2, -0.15) is 5.10 Å². The molecule has 0 bridgehead atoms. The second-order valence-corrected chi connectivity index (χ2v) is 5.56. The molecule has 0 fully saturated rings. The number of rotatable bonds is 6. The fourth-order valence-electron chi connectivity index (χ4n) is 2.32. The van der Waals surface area contributed by atoms with Crippen molar-refractivity contribution >= 4 is 17.5 Å². The van der Waals surface area contributed by atoms with Crippen molar-refractivity contribution in [2.75, 3.05) is 0 Å². The summed E-state index contributed by atoms with van der Waals surface area (Å²) in [6, 6.07) is 9.43. The molecule has 0 spiro atoms. The van der Waals surface area contributed by atoms with E-state index in [-0.39, 0.29) is 23.5 Å². The molecule has 23 heavy (non-hydrogen) atoms. The molecule has 0 aliphatic rings. The highest BCUT2D eigenvalue weighted by atomic mass is 35.5. The summed E-state index contributed by atoms with van der Waals surface area (Å²) in [5.41, 5.74) is 0.851. The van der Waals surface area contributed by atoms with Gasteiger partial charge >= 0.3 is 0 Å². The maximum Gasteiger partial charge on any atom is 0.283 e. The lowest BCUT2D eigenvalue weighted by Crippen LogP contribution is -2.31. The number of alkyl halides is 2. The molecule has 0 aliphatic carbocycles. The van der Waals surface area contributed by atoms with Crippen LogP contribution in [0.25, 0.3) is 0 Å². The third kappa shape index (κ3) is 4.07. The van der Waals surface area contributed by atoms with Crippen LogP contribution < -0.4 is 5.32 Å². The van der Waals surface area contributed by atoms with Crippen LogP contribution in [-0.2, 0) is 11.3 Å². The van der Waals surface area contributed by atoms with Crippen molar-refractivity contribution < 1.29 is 13.6 Å². The minimum absolute atomic E-state index is 0.0945. The summed E-state index contributed by atoms with van der Waals surface area (Å²) in [5, 5.41) is 6.52. The summed E-state index contributed by atoms with van der Waals surface area (Å²) in [7, 11) is 0. The van der Waals surface area contributed by atoms with Crippen LogP contribution in [0, 0.1) is 6.92 Å². The zero-order valence-corrected chi connectivity index (χ0v) is 13.6. The summed E-state index contributed by atoms with van der Waals surface area (Å²) in [6.07, 6.45) is -2.05. The number of nitrogens with one attached hydrogen (secondary N) is 1. The maximum atomic E-state index is 12.8. The predicted molar refractivity (Wildman–Crippen MR) is 84.5 cm³/mol. The number of nitrogens with zero attached hydrogens (tertiary/aromatic N) is 2. The molecule has 1 N–H and O–H groups in total. The lowest BCUT2D eigenvalue weighted by molar-refractivity contribution is -0.122. The van der Waals surface area contributed by atoms with Crippen molar-refractivity contribution in [2.45, 2.75) is 39.3 Å². The van der Waals surface area contributed by atoms with Crippen LogP contribution in [-0.4, -0.2) is 15.7 Å². The number of hydrogen-bond acceptors (Lipinski definition) is 2. The molecule has 1 aromatic heterocycles. The minimum Gasteiger partial charge on any atom is -0.348 e. The first kappa shape index (κ1) is 17.4. The average Bonchev–Trinajstić information content (AvgIpc) is 2.82. The molecule has 1 heterocycles. The SMILES string of the molecule is CCC(NC(=O)Cn1nc(C(F)F)c(Cl)c1C)c1ccccc1. The van der Waals surface area contributed by atoms with E-state index in [1.165, 1.54) is 4.68 Å². The molecule has 2 rings (SSSR count). The molecule has 0 aliphatic heterocycles. The smallest absolute Gasteiger partial charge is 0.283 e. The Bertz CT molecular complexity index is 673. The molecule has 0 saturated carbocycles. The number of amides is 1. The van der Waals surface area contributed by atoms with Crippen LogP contribution in [0.15, 0.2) is 30.3 Å². The second kappa shape index (κ2) is 7.55. The molecule has 1 aromatic carbocycles. The quantitative estimate of drug-likeness (QED) is 0.861. The Balaban J connectivity index is 2.09. The van der Waals surface area contributed by atoms with Crippen LogP contribution in [0.4, 0.5) is 8.78 Å². The average molecular weight is 342 g/mol. The van der Waals surface area contributed by atoms with Crippen LogP contribution in [0.3, 0.4) is 0 Å². The van der Waals surface area contributed by atoms with Gasteiger partial charge in [-0.05, 0) is 18.9 Å². The van der Waals surface area contributed by atoms with Crippen LogP contribution in [0.2, 0.25) is 5.02 Å². The van der Waals surface area contributed by atoms with Gasteiger partial charge in [0.2, 0.25) is 5.91 Å². The first-order valence-electron chi connectivity index (χ1n) is 7.29. The van der Waals surface area contributed by atoms with E-state index in [4.69, 9.17) is 11.6 Å². The highest BCUT2D eigenvalue weighted by Crippen LogP contribution is 2.28. The van der Waals surface area contributed by atoms with Gasteiger partial charge in [-0.1, -0.05) is 48.9 Å². The molecule has 124 valence electrons. The Labute approximate surface area is 138 Å². The predicted octanol–water partition coefficient (Wildman–Crippen LogP) is 4.05. The lowest BCUT2D eigenvalue weighted by Gasteiger charge is -2.17. The molecule has 7 heteroatoms. The Kier molecular flexibility index (Phi) is 5.71. The molecule has 1 amide bonds. The fourth-order valence-corrected chi connectivity index (χ4v) is 2.54. The maximum absolute atomic E-state index is 12.8. The number of carbonyl (C=O) groups is 1. The molecule has 0 saturated heterocycles. The van der Waals surface area contributed by atoms with E-state index in [0.717, 1.165) is 12.0 Å². The summed E-state index contributed by atoms with van der Waals surface area (Å²) < 4.78 is 26.8. The van der Waals surface area contributed by atoms with E-state index in [9.17, 15) is 13.6 Å². The van der Waals surface area contributed by atoms with Gasteiger partial charge in [-0.15, -0.1) is 0 Å². The van der Waals surface area contributed by atoms with Crippen LogP contribution in [0.1, 0.15) is 42.8 Å². The summed E-state index contributed by atoms with van der Waals surface area (Å²) in [4.78, 5) is 12.2. The highest BCUT2D eigenvalue weighted by molar-refractivity contribution is 6.31. The molecule has 1 unspecified atom stereocenters. The number of halogens is 3. The van der Waals surface area contributed by atoms with E-state index in [1.54, 1.807) is 6.92 Å². The standard InChI is InChI=1S/C16H18ClF2N3O/c1-3-12(11-7-5-4-6-8-11)20-13(23)9-22-10(2)14(17)15(21-22)16(18)19/h4-8,12,16H,3,9H2,1-2H3,(H,20,23). The highest BCUT2D eigenvalue weighted by Gasteiger charge is 2.22. The third-order valence-electron chi connectivity index (χ3n) is 3.60. The Hall–Kier alpha value is -1.95. The van der Waals surface area contributed by atoms with Gasteiger partial charge < -0.3 is 5.32 Å². The topological polar surface area (TPSA) is 46.9 Å². The van der Waals surface area contributed by atoms with Crippen molar-refractivity contribution in [1.29, 1.82) is 0 Å². The van der Waals surface area contributed by atoms with Crippen LogP contribution >= 0.6 is 11.6 Å². The summed E-state index contributed by atoms with van der Waals surface area (Å²) in [5.74, 6) is -0.302. The zero-order valence-electron chi connectivity index (χ0n) is 12.9. The van der Waals surface area contributed by atoms with Crippen molar-refractivity contribution in [1.82, 2.24) is 15.1 Å². The molecular formula is C16H18ClF2N3O. The largest absolute Gasteiger partial charge is 0.348 e. The monoisotopic (exact) mass is 341 g/mol. The van der Waals surface area contributed by atoms with Gasteiger partial charge in [0.15, 0.2) is 0 Å². The van der Waals surface area contributed by atoms with Gasteiger partial charge in [0, 0.05) is 0 Å². The van der Waals surface area contributed by atoms with Gasteiger partial charge in [0.25, 0.3) is 6.43 Å². The van der Waals surface area contributed by atoms with E-state index < -0.39 is 12.1 Å². The number of aromatic nitrogens is 2. The number of carbonyl (C=O) groups excluding carboxylic acids is 1. The van der Waals surface area contributed by atoms with Crippen molar-refractivity contribution in [3.63, 3.8) is 0 Å². The molecule has 2 aromatic rings. The fraction of sp³-hybridized carbons (Fsp3) is 0.375. The van der Waals surface area contributed by atoms with Gasteiger partial charge in [0.1, 0.15) is 12.2 Å². The first-order valence-corrected chi connectivity index (χ1v) is 7.67. The van der Waals surface area contributed by atoms with Gasteiger partial charge in [-0.3, -0.25) is 9.48 Å². The molecule has 1 atom stereocenters. The summed E-state index contributed by atoms with van der Waals surface area (Å²) >= 11 is 5.83. The van der Waals surface area contributed by atoms with E-state index in [1.807, 2.05) is 37.3 Å². The van der Waals surface area contributed by atoms with Crippen molar-refractivity contribution in [3.05, 3.63) is 52.3 Å². The van der Waals surface area contributed by atoms with Crippen molar-refractivity contribution in [2.24, 2.45) is 0 Å². The number of benzene rings is 1. The lowest BCUT2D eigenvalue weighted by atomic mass is 10.0. The zero-order chi connectivity index (χ0) is 17.0. The van der Waals surface area contributed by atoms with Gasteiger partial charge in [-0.25, -0.2) is 8.78 Å². The minimum atomic E-state index is -2.77. The van der Waals surface area contributed by atoms with E-state index >= 15 is 0 Å². The number of hydrogen-bond donors (Lipinski definition) is 1.